The van der Waals surface area contributed by atoms with Crippen molar-refractivity contribution in [1.82, 2.24) is 14.8 Å². The van der Waals surface area contributed by atoms with Crippen molar-refractivity contribution in [1.29, 1.82) is 0 Å². The third-order valence-corrected chi connectivity index (χ3v) is 4.49. The van der Waals surface area contributed by atoms with Gasteiger partial charge in [-0.15, -0.1) is 0 Å². The molecule has 1 amide bonds. The average Bonchev–Trinajstić information content (AvgIpc) is 2.67. The number of morpholine rings is 1. The summed E-state index contributed by atoms with van der Waals surface area (Å²) in [7, 11) is 5.60. The molecule has 6 heteroatoms. The lowest BCUT2D eigenvalue weighted by Gasteiger charge is -2.42. The van der Waals surface area contributed by atoms with Gasteiger partial charge >= 0.3 is 0 Å². The van der Waals surface area contributed by atoms with E-state index in [4.69, 9.17) is 9.47 Å². The van der Waals surface area contributed by atoms with E-state index in [-0.39, 0.29) is 18.1 Å². The lowest BCUT2D eigenvalue weighted by atomic mass is 9.97. The maximum Gasteiger partial charge on any atom is 0.273 e. The molecule has 0 aliphatic carbocycles. The van der Waals surface area contributed by atoms with E-state index >= 15 is 0 Å². The van der Waals surface area contributed by atoms with Gasteiger partial charge in [0.1, 0.15) is 11.4 Å². The molecule has 2 heterocycles. The summed E-state index contributed by atoms with van der Waals surface area (Å²) in [5.74, 6) is 0.516. The second kappa shape index (κ2) is 8.29. The van der Waals surface area contributed by atoms with Crippen molar-refractivity contribution in [3.05, 3.63) is 59.9 Å². The van der Waals surface area contributed by atoms with Gasteiger partial charge in [0.15, 0.2) is 0 Å². The minimum absolute atomic E-state index is 0.101. The number of ether oxygens (including phenoxy) is 2. The molecule has 6 nitrogen and oxygen atoms in total. The smallest absolute Gasteiger partial charge is 0.273 e. The Labute approximate surface area is 154 Å². The second-order valence-corrected chi connectivity index (χ2v) is 6.61. The van der Waals surface area contributed by atoms with Crippen LogP contribution in [0.1, 0.15) is 22.1 Å². The van der Waals surface area contributed by atoms with Crippen LogP contribution in [0.3, 0.4) is 0 Å². The van der Waals surface area contributed by atoms with E-state index in [0.717, 1.165) is 12.1 Å². The molecule has 1 aliphatic rings. The number of likely N-dealkylation sites (N-methyl/N-ethyl adjacent to an activating group) is 1. The van der Waals surface area contributed by atoms with E-state index in [1.807, 2.05) is 49.3 Å². The molecule has 1 fully saturated rings. The zero-order chi connectivity index (χ0) is 18.5. The molecular formula is C20H25N3O3. The Kier molecular flexibility index (Phi) is 5.85. The van der Waals surface area contributed by atoms with Crippen LogP contribution in [0.4, 0.5) is 0 Å². The first kappa shape index (κ1) is 18.4. The number of hydrogen-bond acceptors (Lipinski definition) is 5. The number of carbonyl (C=O) groups excluding carboxylic acids is 1. The van der Waals surface area contributed by atoms with Crippen molar-refractivity contribution in [2.75, 3.05) is 40.9 Å². The lowest BCUT2D eigenvalue weighted by Crippen LogP contribution is -2.51. The molecule has 138 valence electrons. The Morgan fingerprint density at radius 1 is 1.31 bits per heavy atom. The zero-order valence-corrected chi connectivity index (χ0v) is 15.5. The van der Waals surface area contributed by atoms with E-state index in [1.54, 1.807) is 25.4 Å². The van der Waals surface area contributed by atoms with E-state index < -0.39 is 0 Å². The van der Waals surface area contributed by atoms with Gasteiger partial charge in [0.05, 0.1) is 25.9 Å². The van der Waals surface area contributed by atoms with Crippen molar-refractivity contribution < 1.29 is 14.3 Å². The standard InChI is InChI=1S/C20H25N3O3/c1-22(2)14-18-19(15-7-5-4-6-8-15)23(11-12-26-18)20(24)17-13-16(25-3)9-10-21-17/h4-10,13,18-19H,11-12,14H2,1-3H3/t18-,19-/m0/s1. The van der Waals surface area contributed by atoms with Gasteiger partial charge in [-0.25, -0.2) is 0 Å². The summed E-state index contributed by atoms with van der Waals surface area (Å²) in [6.07, 6.45) is 1.50. The van der Waals surface area contributed by atoms with Gasteiger partial charge in [-0.3, -0.25) is 9.78 Å². The van der Waals surface area contributed by atoms with Crippen LogP contribution in [0.2, 0.25) is 0 Å². The number of hydrogen-bond donors (Lipinski definition) is 0. The Balaban J connectivity index is 1.95. The summed E-state index contributed by atoms with van der Waals surface area (Å²) in [5.41, 5.74) is 1.45. The zero-order valence-electron chi connectivity index (χ0n) is 15.5. The van der Waals surface area contributed by atoms with Crippen LogP contribution in [-0.4, -0.2) is 67.7 Å². The van der Waals surface area contributed by atoms with E-state index in [2.05, 4.69) is 9.88 Å². The highest BCUT2D eigenvalue weighted by Gasteiger charge is 2.37. The first-order valence-electron chi connectivity index (χ1n) is 8.72. The number of nitrogens with zero attached hydrogens (tertiary/aromatic N) is 3. The average molecular weight is 355 g/mol. The molecule has 0 unspecified atom stereocenters. The van der Waals surface area contributed by atoms with E-state index in [1.165, 1.54) is 0 Å². The molecule has 1 aromatic carbocycles. The van der Waals surface area contributed by atoms with E-state index in [0.29, 0.717) is 24.6 Å². The number of carbonyl (C=O) groups is 1. The van der Waals surface area contributed by atoms with Crippen LogP contribution >= 0.6 is 0 Å². The van der Waals surface area contributed by atoms with Crippen molar-refractivity contribution in [3.63, 3.8) is 0 Å². The van der Waals surface area contributed by atoms with Gasteiger partial charge in [-0.05, 0) is 25.7 Å². The van der Waals surface area contributed by atoms with Gasteiger partial charge in [0.2, 0.25) is 0 Å². The van der Waals surface area contributed by atoms with Crippen molar-refractivity contribution in [2.45, 2.75) is 12.1 Å². The van der Waals surface area contributed by atoms with Gasteiger partial charge < -0.3 is 19.3 Å². The van der Waals surface area contributed by atoms with Gasteiger partial charge in [-0.1, -0.05) is 30.3 Å². The monoisotopic (exact) mass is 355 g/mol. The summed E-state index contributed by atoms with van der Waals surface area (Å²) in [4.78, 5) is 21.4. The topological polar surface area (TPSA) is 54.9 Å². The van der Waals surface area contributed by atoms with Crippen LogP contribution in [0.25, 0.3) is 0 Å². The maximum atomic E-state index is 13.2. The van der Waals surface area contributed by atoms with Gasteiger partial charge in [0.25, 0.3) is 5.91 Å². The molecule has 2 aromatic rings. The second-order valence-electron chi connectivity index (χ2n) is 6.61. The number of rotatable bonds is 5. The van der Waals surface area contributed by atoms with Crippen molar-refractivity contribution in [2.24, 2.45) is 0 Å². The molecule has 0 radical (unpaired) electrons. The highest BCUT2D eigenvalue weighted by Crippen LogP contribution is 2.31. The Hall–Kier alpha value is -2.44. The third-order valence-electron chi connectivity index (χ3n) is 4.49. The quantitative estimate of drug-likeness (QED) is 0.823. The Morgan fingerprint density at radius 2 is 2.08 bits per heavy atom. The number of amides is 1. The number of methoxy groups -OCH3 is 1. The molecule has 26 heavy (non-hydrogen) atoms. The fraction of sp³-hybridized carbons (Fsp3) is 0.400. The molecule has 1 saturated heterocycles. The summed E-state index contributed by atoms with van der Waals surface area (Å²) in [6.45, 7) is 1.77. The molecule has 3 rings (SSSR count). The minimum atomic E-state index is -0.159. The van der Waals surface area contributed by atoms with Crippen molar-refractivity contribution in [3.8, 4) is 5.75 Å². The van der Waals surface area contributed by atoms with E-state index in [9.17, 15) is 4.79 Å². The fourth-order valence-electron chi connectivity index (χ4n) is 3.32. The normalized spacial score (nSPS) is 20.2. The molecule has 1 aromatic heterocycles. The van der Waals surface area contributed by atoms with Crippen LogP contribution in [0.5, 0.6) is 5.75 Å². The molecule has 0 bridgehead atoms. The largest absolute Gasteiger partial charge is 0.497 e. The molecule has 0 N–H and O–H groups in total. The van der Waals surface area contributed by atoms with Crippen LogP contribution in [0, 0.1) is 0 Å². The maximum absolute atomic E-state index is 13.2. The number of benzene rings is 1. The first-order chi connectivity index (χ1) is 12.6. The summed E-state index contributed by atoms with van der Waals surface area (Å²) >= 11 is 0. The Morgan fingerprint density at radius 3 is 2.77 bits per heavy atom. The minimum Gasteiger partial charge on any atom is -0.497 e. The Bertz CT molecular complexity index is 736. The predicted molar refractivity (Wildman–Crippen MR) is 99.3 cm³/mol. The summed E-state index contributed by atoms with van der Waals surface area (Å²) in [6, 6.07) is 13.3. The fourth-order valence-corrected chi connectivity index (χ4v) is 3.32. The third kappa shape index (κ3) is 4.03. The lowest BCUT2D eigenvalue weighted by molar-refractivity contribution is -0.0686. The van der Waals surface area contributed by atoms with Crippen molar-refractivity contribution >= 4 is 5.91 Å². The molecule has 2 atom stereocenters. The van der Waals surface area contributed by atoms with Gasteiger partial charge in [0, 0.05) is 25.4 Å². The molecule has 0 saturated carbocycles. The highest BCUT2D eigenvalue weighted by molar-refractivity contribution is 5.93. The summed E-state index contributed by atoms with van der Waals surface area (Å²) < 4.78 is 11.3. The molecular weight excluding hydrogens is 330 g/mol. The first-order valence-corrected chi connectivity index (χ1v) is 8.72. The van der Waals surface area contributed by atoms with Crippen LogP contribution in [-0.2, 0) is 4.74 Å². The summed E-state index contributed by atoms with van der Waals surface area (Å²) in [5, 5.41) is 0. The molecule has 0 spiro atoms. The van der Waals surface area contributed by atoms with Crippen LogP contribution in [0.15, 0.2) is 48.7 Å². The molecule has 1 aliphatic heterocycles. The van der Waals surface area contributed by atoms with Crippen LogP contribution < -0.4 is 4.74 Å². The number of aromatic nitrogens is 1. The van der Waals surface area contributed by atoms with Gasteiger partial charge in [-0.2, -0.15) is 0 Å². The predicted octanol–water partition coefficient (Wildman–Crippen LogP) is 2.23. The number of pyridine rings is 1. The SMILES string of the molecule is COc1ccnc(C(=O)N2CCO[C@@H](CN(C)C)[C@@H]2c2ccccc2)c1. The highest BCUT2D eigenvalue weighted by atomic mass is 16.5.